The van der Waals surface area contributed by atoms with E-state index in [4.69, 9.17) is 4.74 Å². The van der Waals surface area contributed by atoms with Crippen LogP contribution in [-0.4, -0.2) is 29.9 Å². The second-order valence-electron chi connectivity index (χ2n) is 8.13. The van der Waals surface area contributed by atoms with Crippen molar-refractivity contribution in [3.8, 4) is 28.7 Å². The summed E-state index contributed by atoms with van der Waals surface area (Å²) in [6, 6.07) is 26.5. The Morgan fingerprint density at radius 1 is 0.676 bits per heavy atom. The standard InChI is InChI=1S/C27H20N6O/c1-17-12-13-28-26(14-17)34-21-7-5-6-19(15-21)20-10-11-23-22-8-3-4-9-24(22)33(25(23)16-20)27-31-29-18(2)30-32-27/h3-16H,1-2H3. The molecule has 0 fully saturated rings. The zero-order valence-electron chi connectivity index (χ0n) is 18.7. The lowest BCUT2D eigenvalue weighted by Crippen LogP contribution is -2.06. The Balaban J connectivity index is 1.48. The Morgan fingerprint density at radius 2 is 1.47 bits per heavy atom. The Morgan fingerprint density at radius 3 is 2.32 bits per heavy atom. The highest BCUT2D eigenvalue weighted by Crippen LogP contribution is 2.34. The molecule has 0 aliphatic heterocycles. The van der Waals surface area contributed by atoms with Gasteiger partial charge in [0.05, 0.1) is 11.0 Å². The van der Waals surface area contributed by atoms with E-state index in [1.807, 2.05) is 54.0 Å². The molecule has 34 heavy (non-hydrogen) atoms. The van der Waals surface area contributed by atoms with Crippen LogP contribution in [0.25, 0.3) is 38.9 Å². The van der Waals surface area contributed by atoms with Crippen LogP contribution in [0, 0.1) is 13.8 Å². The van der Waals surface area contributed by atoms with Gasteiger partial charge in [0.2, 0.25) is 5.88 Å². The zero-order chi connectivity index (χ0) is 23.1. The summed E-state index contributed by atoms with van der Waals surface area (Å²) in [6.45, 7) is 3.79. The second-order valence-corrected chi connectivity index (χ2v) is 8.13. The minimum atomic E-state index is 0.441. The fraction of sp³-hybridized carbons (Fsp3) is 0.0741. The van der Waals surface area contributed by atoms with E-state index < -0.39 is 0 Å². The Hall–Kier alpha value is -4.65. The fourth-order valence-corrected chi connectivity index (χ4v) is 4.15. The third-order valence-electron chi connectivity index (χ3n) is 5.72. The number of hydrogen-bond acceptors (Lipinski definition) is 6. The van der Waals surface area contributed by atoms with E-state index >= 15 is 0 Å². The number of para-hydroxylation sites is 1. The number of aryl methyl sites for hydroxylation is 2. The van der Waals surface area contributed by atoms with E-state index in [1.54, 1.807) is 13.1 Å². The van der Waals surface area contributed by atoms with Gasteiger partial charge in [0.1, 0.15) is 5.75 Å². The zero-order valence-corrected chi connectivity index (χ0v) is 18.7. The van der Waals surface area contributed by atoms with Gasteiger partial charge in [0.15, 0.2) is 5.82 Å². The monoisotopic (exact) mass is 444 g/mol. The van der Waals surface area contributed by atoms with Crippen molar-refractivity contribution in [3.05, 3.63) is 96.4 Å². The quantitative estimate of drug-likeness (QED) is 0.340. The van der Waals surface area contributed by atoms with Crippen LogP contribution in [0.1, 0.15) is 11.4 Å². The predicted molar refractivity (Wildman–Crippen MR) is 131 cm³/mol. The summed E-state index contributed by atoms with van der Waals surface area (Å²) in [5, 5.41) is 19.1. The molecular weight excluding hydrogens is 424 g/mol. The fourth-order valence-electron chi connectivity index (χ4n) is 4.15. The average Bonchev–Trinajstić information content (AvgIpc) is 3.18. The molecule has 7 nitrogen and oxygen atoms in total. The Kier molecular flexibility index (Phi) is 4.73. The molecule has 0 N–H and O–H groups in total. The van der Waals surface area contributed by atoms with Crippen molar-refractivity contribution in [1.29, 1.82) is 0 Å². The molecule has 3 heterocycles. The van der Waals surface area contributed by atoms with Crippen LogP contribution in [0.2, 0.25) is 0 Å². The van der Waals surface area contributed by atoms with Crippen molar-refractivity contribution in [2.45, 2.75) is 13.8 Å². The van der Waals surface area contributed by atoms with E-state index in [9.17, 15) is 0 Å². The second kappa shape index (κ2) is 8.04. The van der Waals surface area contributed by atoms with Crippen LogP contribution in [0.15, 0.2) is 85.1 Å². The van der Waals surface area contributed by atoms with Gasteiger partial charge in [-0.3, -0.25) is 4.57 Å². The first-order valence-electron chi connectivity index (χ1n) is 10.9. The first-order valence-corrected chi connectivity index (χ1v) is 10.9. The first-order chi connectivity index (χ1) is 16.7. The van der Waals surface area contributed by atoms with Crippen LogP contribution in [0.3, 0.4) is 0 Å². The maximum absolute atomic E-state index is 6.01. The smallest absolute Gasteiger partial charge is 0.273 e. The number of nitrogens with zero attached hydrogens (tertiary/aromatic N) is 6. The molecule has 0 unspecified atom stereocenters. The van der Waals surface area contributed by atoms with E-state index in [0.29, 0.717) is 17.7 Å². The maximum Gasteiger partial charge on any atom is 0.273 e. The SMILES string of the molecule is Cc1ccnc(Oc2cccc(-c3ccc4c5ccccc5n(-c5nnc(C)nn5)c4c3)c2)c1. The van der Waals surface area contributed by atoms with Gasteiger partial charge in [0.25, 0.3) is 5.95 Å². The molecule has 0 spiro atoms. The van der Waals surface area contributed by atoms with Gasteiger partial charge >= 0.3 is 0 Å². The number of pyridine rings is 1. The molecule has 0 aliphatic rings. The summed E-state index contributed by atoms with van der Waals surface area (Å²) < 4.78 is 8.01. The van der Waals surface area contributed by atoms with Crippen molar-refractivity contribution < 1.29 is 4.74 Å². The Labute approximate surface area is 195 Å². The topological polar surface area (TPSA) is 78.6 Å². The third kappa shape index (κ3) is 3.53. The minimum absolute atomic E-state index is 0.441. The van der Waals surface area contributed by atoms with E-state index in [-0.39, 0.29) is 0 Å². The highest BCUT2D eigenvalue weighted by Gasteiger charge is 2.15. The van der Waals surface area contributed by atoms with Crippen molar-refractivity contribution >= 4 is 21.8 Å². The summed E-state index contributed by atoms with van der Waals surface area (Å²) in [5.74, 6) is 2.28. The number of fused-ring (bicyclic) bond motifs is 3. The number of rotatable bonds is 4. The molecule has 3 aromatic carbocycles. The lowest BCUT2D eigenvalue weighted by Gasteiger charge is -2.09. The van der Waals surface area contributed by atoms with E-state index in [0.717, 1.165) is 44.2 Å². The van der Waals surface area contributed by atoms with E-state index in [1.165, 1.54) is 0 Å². The molecule has 3 aromatic heterocycles. The van der Waals surface area contributed by atoms with Crippen molar-refractivity contribution in [2.75, 3.05) is 0 Å². The van der Waals surface area contributed by atoms with Gasteiger partial charge in [-0.2, -0.15) is 0 Å². The minimum Gasteiger partial charge on any atom is -0.439 e. The molecule has 0 amide bonds. The van der Waals surface area contributed by atoms with Crippen molar-refractivity contribution in [2.24, 2.45) is 0 Å². The molecular formula is C27H20N6O. The number of benzene rings is 3. The highest BCUT2D eigenvalue weighted by molar-refractivity contribution is 6.09. The van der Waals surface area contributed by atoms with Gasteiger partial charge in [-0.05, 0) is 60.9 Å². The summed E-state index contributed by atoms with van der Waals surface area (Å²) in [7, 11) is 0. The molecule has 6 rings (SSSR count). The average molecular weight is 444 g/mol. The van der Waals surface area contributed by atoms with Gasteiger partial charge < -0.3 is 4.74 Å². The molecule has 164 valence electrons. The first kappa shape index (κ1) is 20.0. The van der Waals surface area contributed by atoms with Crippen molar-refractivity contribution in [3.63, 3.8) is 0 Å². The van der Waals surface area contributed by atoms with Crippen LogP contribution >= 0.6 is 0 Å². The lowest BCUT2D eigenvalue weighted by atomic mass is 10.0. The molecule has 0 saturated heterocycles. The van der Waals surface area contributed by atoms with Gasteiger partial charge in [0, 0.05) is 23.0 Å². The molecule has 0 aliphatic carbocycles. The van der Waals surface area contributed by atoms with Crippen LogP contribution in [0.5, 0.6) is 11.6 Å². The van der Waals surface area contributed by atoms with Gasteiger partial charge in [-0.25, -0.2) is 4.98 Å². The number of aromatic nitrogens is 6. The lowest BCUT2D eigenvalue weighted by molar-refractivity contribution is 0.462. The van der Waals surface area contributed by atoms with Gasteiger partial charge in [-0.1, -0.05) is 42.5 Å². The molecule has 0 atom stereocenters. The largest absolute Gasteiger partial charge is 0.439 e. The summed E-state index contributed by atoms with van der Waals surface area (Å²) >= 11 is 0. The normalized spacial score (nSPS) is 11.2. The van der Waals surface area contributed by atoms with E-state index in [2.05, 4.69) is 61.8 Å². The number of hydrogen-bond donors (Lipinski definition) is 0. The summed E-state index contributed by atoms with van der Waals surface area (Å²) in [6.07, 6.45) is 1.75. The molecule has 7 heteroatoms. The summed E-state index contributed by atoms with van der Waals surface area (Å²) in [5.41, 5.74) is 5.17. The molecule has 0 saturated carbocycles. The predicted octanol–water partition coefficient (Wildman–Crippen LogP) is 5.83. The maximum atomic E-state index is 6.01. The van der Waals surface area contributed by atoms with Crippen molar-refractivity contribution in [1.82, 2.24) is 29.9 Å². The number of ether oxygens (including phenoxy) is 1. The molecule has 0 bridgehead atoms. The Bertz CT molecular complexity index is 1660. The van der Waals surface area contributed by atoms with Crippen LogP contribution < -0.4 is 4.74 Å². The summed E-state index contributed by atoms with van der Waals surface area (Å²) in [4.78, 5) is 4.30. The van der Waals surface area contributed by atoms with Crippen LogP contribution in [-0.2, 0) is 0 Å². The van der Waals surface area contributed by atoms with Gasteiger partial charge in [-0.15, -0.1) is 20.4 Å². The molecule has 6 aromatic rings. The van der Waals surface area contributed by atoms with Crippen LogP contribution in [0.4, 0.5) is 0 Å². The highest BCUT2D eigenvalue weighted by atomic mass is 16.5. The molecule has 0 radical (unpaired) electrons. The third-order valence-corrected chi connectivity index (χ3v) is 5.72.